The van der Waals surface area contributed by atoms with Crippen molar-refractivity contribution in [2.24, 2.45) is 0 Å². The maximum absolute atomic E-state index is 12.3. The Balaban J connectivity index is 1.44. The van der Waals surface area contributed by atoms with Crippen LogP contribution in [0, 0.1) is 6.57 Å². The number of hydrogen-bond donors (Lipinski definition) is 2. The zero-order valence-electron chi connectivity index (χ0n) is 19.8. The van der Waals surface area contributed by atoms with Crippen LogP contribution in [-0.2, 0) is 4.74 Å². The number of ether oxygens (including phenoxy) is 4. The Bertz CT molecular complexity index is 1380. The Morgan fingerprint density at radius 1 is 0.889 bits per heavy atom. The summed E-state index contributed by atoms with van der Waals surface area (Å²) in [6.45, 7) is 8.26. The fourth-order valence-corrected chi connectivity index (χ4v) is 3.36. The van der Waals surface area contributed by atoms with Gasteiger partial charge in [-0.25, -0.2) is 9.64 Å². The zero-order chi connectivity index (χ0) is 25.3. The SMILES string of the molecule is [C-]#[N+]c1cc2c(Oc3ccc(NC(=O)Nc4ccc(OC)cc4)cc3)ccnc2cc1OCCOC. The van der Waals surface area contributed by atoms with Crippen LogP contribution in [0.3, 0.4) is 0 Å². The Labute approximate surface area is 208 Å². The van der Waals surface area contributed by atoms with Crippen LogP contribution in [0.5, 0.6) is 23.0 Å². The molecule has 0 atom stereocenters. The van der Waals surface area contributed by atoms with Gasteiger partial charge in [0.2, 0.25) is 5.69 Å². The average molecular weight is 485 g/mol. The van der Waals surface area contributed by atoms with Crippen molar-refractivity contribution < 1.29 is 23.7 Å². The average Bonchev–Trinajstić information content (AvgIpc) is 2.90. The van der Waals surface area contributed by atoms with Gasteiger partial charge < -0.3 is 29.6 Å². The van der Waals surface area contributed by atoms with E-state index in [0.717, 1.165) is 0 Å². The lowest BCUT2D eigenvalue weighted by Gasteiger charge is -2.13. The third-order valence-corrected chi connectivity index (χ3v) is 5.14. The lowest BCUT2D eigenvalue weighted by molar-refractivity contribution is 0.147. The monoisotopic (exact) mass is 484 g/mol. The van der Waals surface area contributed by atoms with Gasteiger partial charge >= 0.3 is 6.03 Å². The van der Waals surface area contributed by atoms with Crippen LogP contribution in [0.15, 0.2) is 72.9 Å². The van der Waals surface area contributed by atoms with Crippen molar-refractivity contribution in [2.45, 2.75) is 0 Å². The predicted octanol–water partition coefficient (Wildman–Crippen LogP) is 6.26. The van der Waals surface area contributed by atoms with Gasteiger partial charge in [0.15, 0.2) is 0 Å². The molecule has 4 rings (SSSR count). The van der Waals surface area contributed by atoms with Gasteiger partial charge in [-0.05, 0) is 66.7 Å². The number of benzene rings is 3. The first-order valence-corrected chi connectivity index (χ1v) is 11.0. The molecule has 9 nitrogen and oxygen atoms in total. The van der Waals surface area contributed by atoms with Crippen LogP contribution in [-0.4, -0.2) is 38.4 Å². The highest BCUT2D eigenvalue weighted by atomic mass is 16.5. The van der Waals surface area contributed by atoms with Gasteiger partial charge in [-0.1, -0.05) is 0 Å². The van der Waals surface area contributed by atoms with E-state index in [1.807, 2.05) is 0 Å². The maximum Gasteiger partial charge on any atom is 0.323 e. The smallest absolute Gasteiger partial charge is 0.323 e. The lowest BCUT2D eigenvalue weighted by Crippen LogP contribution is -2.19. The zero-order valence-corrected chi connectivity index (χ0v) is 19.8. The molecule has 0 aliphatic carbocycles. The Morgan fingerprint density at radius 2 is 1.56 bits per heavy atom. The van der Waals surface area contributed by atoms with Crippen molar-refractivity contribution in [2.75, 3.05) is 38.1 Å². The van der Waals surface area contributed by atoms with Gasteiger partial charge in [0, 0.05) is 30.1 Å². The van der Waals surface area contributed by atoms with Gasteiger partial charge in [0.05, 0.1) is 25.8 Å². The summed E-state index contributed by atoms with van der Waals surface area (Å²) >= 11 is 0. The Morgan fingerprint density at radius 3 is 2.17 bits per heavy atom. The summed E-state index contributed by atoms with van der Waals surface area (Å²) in [5.41, 5.74) is 2.24. The molecule has 182 valence electrons. The summed E-state index contributed by atoms with van der Waals surface area (Å²) in [5, 5.41) is 6.23. The van der Waals surface area contributed by atoms with Crippen molar-refractivity contribution in [3.63, 3.8) is 0 Å². The molecule has 2 amide bonds. The molecule has 1 aromatic heterocycles. The third-order valence-electron chi connectivity index (χ3n) is 5.14. The van der Waals surface area contributed by atoms with E-state index in [-0.39, 0.29) is 6.03 Å². The largest absolute Gasteiger partial charge is 0.502 e. The van der Waals surface area contributed by atoms with E-state index in [1.54, 1.807) is 87.1 Å². The summed E-state index contributed by atoms with van der Waals surface area (Å²) in [6.07, 6.45) is 1.63. The topological polar surface area (TPSA) is 95.3 Å². The number of nitrogens with zero attached hydrogens (tertiary/aromatic N) is 2. The molecule has 0 radical (unpaired) electrons. The second kappa shape index (κ2) is 11.6. The molecule has 0 fully saturated rings. The molecule has 0 aliphatic heterocycles. The Hall–Kier alpha value is -4.81. The second-order valence-electron chi connectivity index (χ2n) is 7.53. The number of fused-ring (bicyclic) bond motifs is 1. The quantitative estimate of drug-likeness (QED) is 0.215. The first-order valence-electron chi connectivity index (χ1n) is 11.0. The van der Waals surface area contributed by atoms with E-state index in [1.165, 1.54) is 0 Å². The first-order chi connectivity index (χ1) is 17.6. The van der Waals surface area contributed by atoms with Crippen LogP contribution in [0.25, 0.3) is 15.7 Å². The first kappa shape index (κ1) is 24.3. The predicted molar refractivity (Wildman–Crippen MR) is 138 cm³/mol. The number of carbonyl (C=O) groups is 1. The highest BCUT2D eigenvalue weighted by Crippen LogP contribution is 2.37. The molecular weight excluding hydrogens is 460 g/mol. The fraction of sp³-hybridized carbons (Fsp3) is 0.148. The molecule has 4 aromatic rings. The number of aromatic nitrogens is 1. The van der Waals surface area contributed by atoms with Gasteiger partial charge in [0.1, 0.15) is 29.6 Å². The molecule has 0 bridgehead atoms. The van der Waals surface area contributed by atoms with Crippen LogP contribution in [0.4, 0.5) is 21.9 Å². The van der Waals surface area contributed by atoms with Crippen molar-refractivity contribution in [3.05, 3.63) is 84.3 Å². The van der Waals surface area contributed by atoms with E-state index in [4.69, 9.17) is 25.5 Å². The lowest BCUT2D eigenvalue weighted by atomic mass is 10.1. The van der Waals surface area contributed by atoms with Gasteiger partial charge in [0.25, 0.3) is 0 Å². The number of anilines is 2. The summed E-state index contributed by atoms with van der Waals surface area (Å²) in [6, 6.07) is 18.8. The molecular formula is C27H24N4O5. The van der Waals surface area contributed by atoms with Crippen molar-refractivity contribution in [3.8, 4) is 23.0 Å². The van der Waals surface area contributed by atoms with Crippen LogP contribution in [0.2, 0.25) is 0 Å². The van der Waals surface area contributed by atoms with Crippen molar-refractivity contribution >= 4 is 34.0 Å². The number of pyridine rings is 1. The molecule has 1 heterocycles. The van der Waals surface area contributed by atoms with E-state index in [0.29, 0.717) is 64.2 Å². The van der Waals surface area contributed by atoms with Gasteiger partial charge in [-0.15, -0.1) is 0 Å². The number of hydrogen-bond acceptors (Lipinski definition) is 6. The van der Waals surface area contributed by atoms with Crippen LogP contribution >= 0.6 is 0 Å². The molecule has 0 saturated heterocycles. The number of methoxy groups -OCH3 is 2. The van der Waals surface area contributed by atoms with E-state index in [9.17, 15) is 4.79 Å². The minimum Gasteiger partial charge on any atom is -0.502 e. The van der Waals surface area contributed by atoms with Crippen LogP contribution in [0.1, 0.15) is 0 Å². The number of urea groups is 1. The van der Waals surface area contributed by atoms with E-state index >= 15 is 0 Å². The highest BCUT2D eigenvalue weighted by molar-refractivity contribution is 5.99. The molecule has 3 aromatic carbocycles. The van der Waals surface area contributed by atoms with E-state index < -0.39 is 0 Å². The summed E-state index contributed by atoms with van der Waals surface area (Å²) < 4.78 is 21.8. The number of nitrogens with one attached hydrogen (secondary N) is 2. The molecule has 0 aliphatic rings. The summed E-state index contributed by atoms with van der Waals surface area (Å²) in [7, 11) is 3.17. The van der Waals surface area contributed by atoms with Crippen molar-refractivity contribution in [1.29, 1.82) is 0 Å². The van der Waals surface area contributed by atoms with Crippen molar-refractivity contribution in [1.82, 2.24) is 4.98 Å². The number of amides is 2. The van der Waals surface area contributed by atoms with Gasteiger partial charge in [-0.3, -0.25) is 4.98 Å². The third kappa shape index (κ3) is 6.00. The number of carbonyl (C=O) groups excluding carboxylic acids is 1. The normalized spacial score (nSPS) is 10.4. The van der Waals surface area contributed by atoms with Crippen LogP contribution < -0.4 is 24.8 Å². The minimum absolute atomic E-state index is 0.333. The summed E-state index contributed by atoms with van der Waals surface area (Å²) in [5.74, 6) is 2.27. The van der Waals surface area contributed by atoms with Gasteiger partial charge in [-0.2, -0.15) is 0 Å². The fourth-order valence-electron chi connectivity index (χ4n) is 3.36. The number of rotatable bonds is 9. The van der Waals surface area contributed by atoms with E-state index in [2.05, 4.69) is 20.5 Å². The molecule has 0 unspecified atom stereocenters. The molecule has 0 saturated carbocycles. The standard InChI is InChI=1S/C27H24N4O5/c1-28-24-16-22-23(17-26(24)35-15-14-33-2)29-13-12-25(22)36-21-10-6-19(7-11-21)31-27(32)30-18-4-8-20(34-3)9-5-18/h4-13,16-17H,14-15H2,2-3H3,(H2,30,31,32). The highest BCUT2D eigenvalue weighted by Gasteiger charge is 2.12. The molecule has 0 spiro atoms. The second-order valence-corrected chi connectivity index (χ2v) is 7.53. The molecule has 2 N–H and O–H groups in total. The summed E-state index contributed by atoms with van der Waals surface area (Å²) in [4.78, 5) is 20.3. The Kier molecular flexibility index (Phi) is 7.80. The minimum atomic E-state index is -0.371. The molecule has 9 heteroatoms. The molecule has 36 heavy (non-hydrogen) atoms. The maximum atomic E-state index is 12.3.